The van der Waals surface area contributed by atoms with Gasteiger partial charge in [-0.3, -0.25) is 19.3 Å². The van der Waals surface area contributed by atoms with Crippen LogP contribution in [0.15, 0.2) is 48.5 Å². The van der Waals surface area contributed by atoms with Gasteiger partial charge in [-0.05, 0) is 36.8 Å². The van der Waals surface area contributed by atoms with E-state index in [4.69, 9.17) is 9.47 Å². The molecule has 7 nitrogen and oxygen atoms in total. The first-order chi connectivity index (χ1) is 13.4. The Morgan fingerprint density at radius 1 is 1.21 bits per heavy atom. The summed E-state index contributed by atoms with van der Waals surface area (Å²) >= 11 is 0. The number of fused-ring (bicyclic) bond motifs is 1. The van der Waals surface area contributed by atoms with Crippen molar-refractivity contribution < 1.29 is 28.2 Å². The van der Waals surface area contributed by atoms with Crippen LogP contribution in [0.5, 0.6) is 5.75 Å². The van der Waals surface area contributed by atoms with Gasteiger partial charge < -0.3 is 14.8 Å². The molecule has 0 fully saturated rings. The Hall–Kier alpha value is -3.42. The van der Waals surface area contributed by atoms with Crippen molar-refractivity contribution in [1.29, 1.82) is 0 Å². The zero-order chi connectivity index (χ0) is 20.1. The van der Waals surface area contributed by atoms with Crippen molar-refractivity contribution >= 4 is 23.5 Å². The lowest BCUT2D eigenvalue weighted by Gasteiger charge is -2.28. The number of para-hydroxylation sites is 2. The number of rotatable bonds is 6. The third-order valence-corrected chi connectivity index (χ3v) is 4.15. The molecule has 28 heavy (non-hydrogen) atoms. The summed E-state index contributed by atoms with van der Waals surface area (Å²) < 4.78 is 23.3. The average molecular weight is 386 g/mol. The fraction of sp³-hybridized carbons (Fsp3) is 0.250. The number of esters is 1. The minimum absolute atomic E-state index is 0.169. The SMILES string of the molecule is C[C@@H](OC(=O)CN1C(=O)COc2ccccc21)C(=O)NCc1ccc(F)cc1. The van der Waals surface area contributed by atoms with E-state index in [9.17, 15) is 18.8 Å². The molecule has 0 aromatic heterocycles. The number of nitrogens with one attached hydrogen (secondary N) is 1. The summed E-state index contributed by atoms with van der Waals surface area (Å²) in [6, 6.07) is 12.5. The van der Waals surface area contributed by atoms with Gasteiger partial charge in [0.25, 0.3) is 11.8 Å². The van der Waals surface area contributed by atoms with Gasteiger partial charge in [-0.15, -0.1) is 0 Å². The molecule has 3 rings (SSSR count). The maximum atomic E-state index is 12.9. The number of carbonyl (C=O) groups excluding carboxylic acids is 3. The van der Waals surface area contributed by atoms with Gasteiger partial charge >= 0.3 is 5.97 Å². The lowest BCUT2D eigenvalue weighted by atomic mass is 10.2. The fourth-order valence-electron chi connectivity index (χ4n) is 2.68. The molecule has 1 heterocycles. The molecule has 0 aliphatic carbocycles. The molecule has 2 aromatic rings. The maximum absolute atomic E-state index is 12.9. The van der Waals surface area contributed by atoms with Gasteiger partial charge in [0.15, 0.2) is 12.7 Å². The highest BCUT2D eigenvalue weighted by Crippen LogP contribution is 2.31. The first-order valence-corrected chi connectivity index (χ1v) is 8.68. The van der Waals surface area contributed by atoms with Crippen LogP contribution >= 0.6 is 0 Å². The van der Waals surface area contributed by atoms with Crippen LogP contribution in [-0.2, 0) is 25.7 Å². The molecule has 0 spiro atoms. The Kier molecular flexibility index (Phi) is 5.88. The number of nitrogens with zero attached hydrogens (tertiary/aromatic N) is 1. The second-order valence-electron chi connectivity index (χ2n) is 6.21. The number of anilines is 1. The van der Waals surface area contributed by atoms with Crippen molar-refractivity contribution in [1.82, 2.24) is 5.32 Å². The van der Waals surface area contributed by atoms with Crippen molar-refractivity contribution in [2.45, 2.75) is 19.6 Å². The highest BCUT2D eigenvalue weighted by molar-refractivity contribution is 6.01. The molecule has 2 aromatic carbocycles. The summed E-state index contributed by atoms with van der Waals surface area (Å²) in [4.78, 5) is 37.7. The molecule has 0 bridgehead atoms. The van der Waals surface area contributed by atoms with E-state index in [0.29, 0.717) is 17.0 Å². The second kappa shape index (κ2) is 8.51. The summed E-state index contributed by atoms with van der Waals surface area (Å²) in [5.74, 6) is -1.44. The van der Waals surface area contributed by atoms with Gasteiger partial charge in [-0.1, -0.05) is 24.3 Å². The van der Waals surface area contributed by atoms with Crippen LogP contribution in [-0.4, -0.2) is 37.0 Å². The van der Waals surface area contributed by atoms with E-state index in [1.54, 1.807) is 36.4 Å². The largest absolute Gasteiger partial charge is 0.482 e. The van der Waals surface area contributed by atoms with Gasteiger partial charge in [0.1, 0.15) is 18.1 Å². The summed E-state index contributed by atoms with van der Waals surface area (Å²) in [6.07, 6.45) is -1.04. The van der Waals surface area contributed by atoms with Crippen molar-refractivity contribution in [3.05, 3.63) is 59.9 Å². The third kappa shape index (κ3) is 4.64. The van der Waals surface area contributed by atoms with E-state index in [1.807, 2.05) is 0 Å². The standard InChI is InChI=1S/C20H19FN2O5/c1-13(20(26)22-10-14-6-8-15(21)9-7-14)28-19(25)11-23-16-4-2-3-5-17(16)27-12-18(23)24/h2-9,13H,10-12H2,1H3,(H,22,26)/t13-/m1/s1. The number of hydrogen-bond donors (Lipinski definition) is 1. The van der Waals surface area contributed by atoms with Crippen molar-refractivity contribution in [2.24, 2.45) is 0 Å². The fourth-order valence-corrected chi connectivity index (χ4v) is 2.68. The maximum Gasteiger partial charge on any atom is 0.326 e. The quantitative estimate of drug-likeness (QED) is 0.766. The number of halogens is 1. The van der Waals surface area contributed by atoms with Gasteiger partial charge in [0.2, 0.25) is 0 Å². The van der Waals surface area contributed by atoms with E-state index in [1.165, 1.54) is 24.0 Å². The number of hydrogen-bond acceptors (Lipinski definition) is 5. The van der Waals surface area contributed by atoms with Crippen LogP contribution in [0.1, 0.15) is 12.5 Å². The predicted octanol–water partition coefficient (Wildman–Crippen LogP) is 1.80. The molecule has 1 atom stereocenters. The normalized spacial score (nSPS) is 13.9. The van der Waals surface area contributed by atoms with E-state index in [0.717, 1.165) is 0 Å². The van der Waals surface area contributed by atoms with Crippen LogP contribution in [0, 0.1) is 5.82 Å². The van der Waals surface area contributed by atoms with Crippen molar-refractivity contribution in [3.63, 3.8) is 0 Å². The average Bonchev–Trinajstić information content (AvgIpc) is 2.69. The Morgan fingerprint density at radius 3 is 2.68 bits per heavy atom. The van der Waals surface area contributed by atoms with Crippen molar-refractivity contribution in [2.75, 3.05) is 18.1 Å². The van der Waals surface area contributed by atoms with Crippen LogP contribution in [0.3, 0.4) is 0 Å². The van der Waals surface area contributed by atoms with Gasteiger partial charge in [0.05, 0.1) is 5.69 Å². The lowest BCUT2D eigenvalue weighted by molar-refractivity contribution is -0.154. The second-order valence-corrected chi connectivity index (χ2v) is 6.21. The molecule has 1 N–H and O–H groups in total. The molecule has 8 heteroatoms. The Morgan fingerprint density at radius 2 is 1.93 bits per heavy atom. The minimum Gasteiger partial charge on any atom is -0.482 e. The summed E-state index contributed by atoms with van der Waals surface area (Å²) in [6.45, 7) is 1.12. The molecule has 146 valence electrons. The summed E-state index contributed by atoms with van der Waals surface area (Å²) in [5, 5.41) is 2.61. The summed E-state index contributed by atoms with van der Waals surface area (Å²) in [7, 11) is 0. The minimum atomic E-state index is -1.04. The first kappa shape index (κ1) is 19.3. The highest BCUT2D eigenvalue weighted by Gasteiger charge is 2.28. The molecule has 0 unspecified atom stereocenters. The molecular formula is C20H19FN2O5. The molecule has 0 saturated heterocycles. The van der Waals surface area contributed by atoms with Crippen LogP contribution < -0.4 is 15.0 Å². The third-order valence-electron chi connectivity index (χ3n) is 4.15. The van der Waals surface area contributed by atoms with E-state index in [2.05, 4.69) is 5.32 Å². The van der Waals surface area contributed by atoms with E-state index >= 15 is 0 Å². The lowest BCUT2D eigenvalue weighted by Crippen LogP contribution is -2.44. The van der Waals surface area contributed by atoms with Gasteiger partial charge in [-0.2, -0.15) is 0 Å². The molecule has 2 amide bonds. The zero-order valence-corrected chi connectivity index (χ0v) is 15.2. The van der Waals surface area contributed by atoms with E-state index in [-0.39, 0.29) is 31.4 Å². The number of amides is 2. The Labute approximate surface area is 161 Å². The first-order valence-electron chi connectivity index (χ1n) is 8.68. The molecule has 0 saturated carbocycles. The van der Waals surface area contributed by atoms with Gasteiger partial charge in [0, 0.05) is 6.54 Å². The van der Waals surface area contributed by atoms with Gasteiger partial charge in [-0.25, -0.2) is 4.39 Å². The van der Waals surface area contributed by atoms with Crippen LogP contribution in [0.4, 0.5) is 10.1 Å². The zero-order valence-electron chi connectivity index (χ0n) is 15.2. The molecular weight excluding hydrogens is 367 g/mol. The highest BCUT2D eigenvalue weighted by atomic mass is 19.1. The van der Waals surface area contributed by atoms with E-state index < -0.39 is 18.0 Å². The topological polar surface area (TPSA) is 84.9 Å². The molecule has 0 radical (unpaired) electrons. The number of carbonyl (C=O) groups is 3. The number of benzene rings is 2. The summed E-state index contributed by atoms with van der Waals surface area (Å²) in [5.41, 5.74) is 1.19. The monoisotopic (exact) mass is 386 g/mol. The van der Waals surface area contributed by atoms with Crippen LogP contribution in [0.2, 0.25) is 0 Å². The molecule has 1 aliphatic rings. The van der Waals surface area contributed by atoms with Crippen LogP contribution in [0.25, 0.3) is 0 Å². The Bertz CT molecular complexity index is 884. The Balaban J connectivity index is 1.53. The predicted molar refractivity (Wildman–Crippen MR) is 98.1 cm³/mol. The number of ether oxygens (including phenoxy) is 2. The molecule has 1 aliphatic heterocycles. The smallest absolute Gasteiger partial charge is 0.326 e. The van der Waals surface area contributed by atoms with Crippen molar-refractivity contribution in [3.8, 4) is 5.75 Å².